The van der Waals surface area contributed by atoms with E-state index in [1.807, 2.05) is 31.2 Å². The molecule has 0 saturated carbocycles. The zero-order chi connectivity index (χ0) is 22.4. The number of aliphatic carboxylic acids is 1. The second-order valence-electron chi connectivity index (χ2n) is 6.46. The van der Waals surface area contributed by atoms with Gasteiger partial charge < -0.3 is 14.4 Å². The molecule has 1 N–H and O–H groups in total. The van der Waals surface area contributed by atoms with Crippen molar-refractivity contribution in [2.24, 2.45) is 0 Å². The highest BCUT2D eigenvalue weighted by atomic mass is 35.5. The van der Waals surface area contributed by atoms with Gasteiger partial charge in [0.05, 0.1) is 15.7 Å². The van der Waals surface area contributed by atoms with Crippen LogP contribution in [0.25, 0.3) is 6.08 Å². The third-order valence-electron chi connectivity index (χ3n) is 4.33. The Morgan fingerprint density at radius 1 is 1.10 bits per heavy atom. The Kier molecular flexibility index (Phi) is 7.98. The maximum Gasteiger partial charge on any atom is 0.328 e. The topological polar surface area (TPSA) is 82.5 Å². The SMILES string of the molecule is CCc1ccccc1Oc1ccc(C[S+]([O-])c2c(Cl)cccc2Cl)nc1C=CC(=O)O. The number of hydrogen-bond donors (Lipinski definition) is 1. The second kappa shape index (κ2) is 10.7. The summed E-state index contributed by atoms with van der Waals surface area (Å²) in [6.07, 6.45) is 3.10. The monoisotopic (exact) mass is 475 g/mol. The number of carboxylic acids is 1. The summed E-state index contributed by atoms with van der Waals surface area (Å²) in [7, 11) is 0. The predicted octanol–water partition coefficient (Wildman–Crippen LogP) is 6.15. The average molecular weight is 476 g/mol. The molecule has 2 aromatic carbocycles. The molecule has 0 aliphatic carbocycles. The molecule has 0 bridgehead atoms. The van der Waals surface area contributed by atoms with Gasteiger partial charge in [0, 0.05) is 6.08 Å². The molecule has 1 unspecified atom stereocenters. The molecule has 5 nitrogen and oxygen atoms in total. The first-order chi connectivity index (χ1) is 14.9. The fourth-order valence-corrected chi connectivity index (χ4v) is 4.92. The number of carbonyl (C=O) groups is 1. The maximum atomic E-state index is 12.9. The van der Waals surface area contributed by atoms with Crippen molar-refractivity contribution < 1.29 is 19.2 Å². The van der Waals surface area contributed by atoms with Gasteiger partial charge in [-0.2, -0.15) is 0 Å². The summed E-state index contributed by atoms with van der Waals surface area (Å²) in [5, 5.41) is 9.65. The van der Waals surface area contributed by atoms with Crippen LogP contribution in [0.15, 0.2) is 65.6 Å². The molecule has 0 aliphatic rings. The predicted molar refractivity (Wildman–Crippen MR) is 123 cm³/mol. The Hall–Kier alpha value is -2.51. The number of pyridine rings is 1. The Bertz CT molecular complexity index is 1100. The molecule has 0 saturated heterocycles. The Labute approximate surface area is 193 Å². The molecule has 0 fully saturated rings. The summed E-state index contributed by atoms with van der Waals surface area (Å²) in [4.78, 5) is 15.8. The van der Waals surface area contributed by atoms with Crippen molar-refractivity contribution in [2.45, 2.75) is 24.0 Å². The van der Waals surface area contributed by atoms with E-state index in [4.69, 9.17) is 33.0 Å². The van der Waals surface area contributed by atoms with Crippen LogP contribution in [0, 0.1) is 0 Å². The fourth-order valence-electron chi connectivity index (χ4n) is 2.86. The van der Waals surface area contributed by atoms with Crippen molar-refractivity contribution in [3.05, 3.63) is 87.7 Å². The van der Waals surface area contributed by atoms with E-state index in [1.54, 1.807) is 30.3 Å². The molecule has 0 radical (unpaired) electrons. The third kappa shape index (κ3) is 6.02. The first-order valence-corrected chi connectivity index (χ1v) is 11.5. The lowest BCUT2D eigenvalue weighted by Gasteiger charge is -2.15. The lowest BCUT2D eigenvalue weighted by molar-refractivity contribution is -0.131. The molecule has 3 rings (SSSR count). The summed E-state index contributed by atoms with van der Waals surface area (Å²) in [5.74, 6) is 0.00150. The standard InChI is InChI=1S/C23H19Cl2NO4S/c1-2-15-6-3-4-9-20(15)30-21-12-10-16(26-19(21)11-13-22(27)28)14-31(29)23-17(24)7-5-8-18(23)25/h3-13H,2,14H2,1H3,(H,27,28). The summed E-state index contributed by atoms with van der Waals surface area (Å²) in [6, 6.07) is 15.9. The quantitative estimate of drug-likeness (QED) is 0.312. The molecule has 1 heterocycles. The normalized spacial score (nSPS) is 12.1. The van der Waals surface area contributed by atoms with E-state index < -0.39 is 17.1 Å². The van der Waals surface area contributed by atoms with E-state index in [-0.39, 0.29) is 5.75 Å². The molecule has 1 atom stereocenters. The molecule has 8 heteroatoms. The van der Waals surface area contributed by atoms with Gasteiger partial charge in [0.1, 0.15) is 11.4 Å². The van der Waals surface area contributed by atoms with E-state index in [1.165, 1.54) is 6.08 Å². The van der Waals surface area contributed by atoms with Gasteiger partial charge in [0.2, 0.25) is 0 Å². The highest BCUT2D eigenvalue weighted by molar-refractivity contribution is 7.90. The van der Waals surface area contributed by atoms with Gasteiger partial charge in [-0.05, 0) is 59.6 Å². The first kappa shape index (κ1) is 23.2. The molecule has 3 aromatic rings. The van der Waals surface area contributed by atoms with E-state index >= 15 is 0 Å². The second-order valence-corrected chi connectivity index (χ2v) is 8.66. The Morgan fingerprint density at radius 3 is 2.48 bits per heavy atom. The van der Waals surface area contributed by atoms with E-state index in [2.05, 4.69) is 4.98 Å². The van der Waals surface area contributed by atoms with Crippen LogP contribution in [0.4, 0.5) is 0 Å². The molecule has 0 aliphatic heterocycles. The Balaban J connectivity index is 1.93. The maximum absolute atomic E-state index is 12.9. The number of benzene rings is 2. The number of aromatic nitrogens is 1. The molecule has 160 valence electrons. The zero-order valence-electron chi connectivity index (χ0n) is 16.5. The lowest BCUT2D eigenvalue weighted by atomic mass is 10.1. The molecular weight excluding hydrogens is 457 g/mol. The fraction of sp³-hybridized carbons (Fsp3) is 0.130. The largest absolute Gasteiger partial charge is 0.611 e. The van der Waals surface area contributed by atoms with Gasteiger partial charge in [-0.15, -0.1) is 0 Å². The lowest BCUT2D eigenvalue weighted by Crippen LogP contribution is -2.08. The molecular formula is C23H19Cl2NO4S. The zero-order valence-corrected chi connectivity index (χ0v) is 18.9. The number of carboxylic acid groups (broad SMARTS) is 1. The first-order valence-electron chi connectivity index (χ1n) is 9.38. The highest BCUT2D eigenvalue weighted by Crippen LogP contribution is 2.33. The van der Waals surface area contributed by atoms with Crippen molar-refractivity contribution in [1.29, 1.82) is 0 Å². The van der Waals surface area contributed by atoms with Crippen molar-refractivity contribution in [2.75, 3.05) is 0 Å². The van der Waals surface area contributed by atoms with E-state index in [0.717, 1.165) is 18.1 Å². The van der Waals surface area contributed by atoms with Crippen LogP contribution in [0.1, 0.15) is 23.9 Å². The highest BCUT2D eigenvalue weighted by Gasteiger charge is 2.21. The number of hydrogen-bond acceptors (Lipinski definition) is 4. The van der Waals surface area contributed by atoms with Crippen LogP contribution < -0.4 is 4.74 Å². The minimum absolute atomic E-state index is 0.0587. The van der Waals surface area contributed by atoms with Crippen molar-refractivity contribution in [1.82, 2.24) is 4.98 Å². The number of ether oxygens (including phenoxy) is 1. The summed E-state index contributed by atoms with van der Waals surface area (Å²) >= 11 is 10.8. The smallest absolute Gasteiger partial charge is 0.328 e. The molecule has 0 amide bonds. The summed E-state index contributed by atoms with van der Waals surface area (Å²) in [6.45, 7) is 2.02. The minimum Gasteiger partial charge on any atom is -0.611 e. The minimum atomic E-state index is -1.54. The van der Waals surface area contributed by atoms with Crippen LogP contribution in [0.3, 0.4) is 0 Å². The van der Waals surface area contributed by atoms with Crippen molar-refractivity contribution in [3.8, 4) is 11.5 Å². The number of halogens is 2. The van der Waals surface area contributed by atoms with Gasteiger partial charge in [-0.25, -0.2) is 9.78 Å². The number of para-hydroxylation sites is 1. The van der Waals surface area contributed by atoms with Crippen molar-refractivity contribution in [3.63, 3.8) is 0 Å². The van der Waals surface area contributed by atoms with Crippen molar-refractivity contribution >= 4 is 46.4 Å². The number of aryl methyl sites for hydroxylation is 1. The number of rotatable bonds is 8. The molecule has 0 spiro atoms. The third-order valence-corrected chi connectivity index (χ3v) is 6.63. The van der Waals surface area contributed by atoms with Gasteiger partial charge in [-0.3, -0.25) is 0 Å². The van der Waals surface area contributed by atoms with Crippen LogP contribution >= 0.6 is 23.2 Å². The van der Waals surface area contributed by atoms with Crippen LogP contribution in [-0.4, -0.2) is 20.6 Å². The molecule has 1 aromatic heterocycles. The van der Waals surface area contributed by atoms with Gasteiger partial charge >= 0.3 is 5.97 Å². The van der Waals surface area contributed by atoms with Crippen LogP contribution in [0.2, 0.25) is 10.0 Å². The van der Waals surface area contributed by atoms with E-state index in [0.29, 0.717) is 37.8 Å². The number of nitrogens with zero attached hydrogens (tertiary/aromatic N) is 1. The van der Waals surface area contributed by atoms with Gasteiger partial charge in [0.25, 0.3) is 0 Å². The van der Waals surface area contributed by atoms with E-state index in [9.17, 15) is 9.35 Å². The van der Waals surface area contributed by atoms with Crippen LogP contribution in [-0.2, 0) is 28.1 Å². The average Bonchev–Trinajstić information content (AvgIpc) is 2.74. The summed E-state index contributed by atoms with van der Waals surface area (Å²) < 4.78 is 18.9. The summed E-state index contributed by atoms with van der Waals surface area (Å²) in [5.41, 5.74) is 1.80. The molecule has 31 heavy (non-hydrogen) atoms. The van der Waals surface area contributed by atoms with Gasteiger partial charge in [0.15, 0.2) is 16.4 Å². The Morgan fingerprint density at radius 2 is 1.81 bits per heavy atom. The van der Waals surface area contributed by atoms with Gasteiger partial charge in [-0.1, -0.05) is 54.4 Å². The van der Waals surface area contributed by atoms with Crippen LogP contribution in [0.5, 0.6) is 11.5 Å².